The molecule has 108 valence electrons. The number of nitrogens with zero attached hydrogens (tertiary/aromatic N) is 1. The summed E-state index contributed by atoms with van der Waals surface area (Å²) in [5, 5.41) is 12.8. The van der Waals surface area contributed by atoms with Crippen LogP contribution >= 0.6 is 0 Å². The molecular weight excluding hydrogens is 274 g/mol. The van der Waals surface area contributed by atoms with Gasteiger partial charge in [0.15, 0.2) is 0 Å². The fraction of sp³-hybridized carbons (Fsp3) is 0.111. The predicted molar refractivity (Wildman–Crippen MR) is 85.0 cm³/mol. The zero-order valence-corrected chi connectivity index (χ0v) is 12.0. The first kappa shape index (κ1) is 13.9. The van der Waals surface area contributed by atoms with Crippen molar-refractivity contribution in [1.29, 1.82) is 5.26 Å². The Labute approximate surface area is 128 Å². The van der Waals surface area contributed by atoms with Gasteiger partial charge in [0, 0.05) is 23.6 Å². The van der Waals surface area contributed by atoms with Crippen LogP contribution < -0.4 is 5.32 Å². The Morgan fingerprint density at radius 2 is 2.05 bits per heavy atom. The molecule has 4 nitrogen and oxygen atoms in total. The average molecular weight is 289 g/mol. The summed E-state index contributed by atoms with van der Waals surface area (Å²) < 4.78 is 0. The van der Waals surface area contributed by atoms with Crippen LogP contribution in [0.3, 0.4) is 0 Å². The number of nitriles is 1. The molecule has 0 unspecified atom stereocenters. The number of carbonyl (C=O) groups is 1. The molecular formula is C18H15N3O. The van der Waals surface area contributed by atoms with Crippen molar-refractivity contribution in [2.24, 2.45) is 0 Å². The molecule has 0 fully saturated rings. The number of carbonyl (C=O) groups excluding carboxylic acids is 1. The normalized spacial score (nSPS) is 10.3. The van der Waals surface area contributed by atoms with Gasteiger partial charge in [-0.05, 0) is 29.3 Å². The van der Waals surface area contributed by atoms with E-state index in [1.165, 1.54) is 0 Å². The van der Waals surface area contributed by atoms with Gasteiger partial charge in [0.25, 0.3) is 0 Å². The van der Waals surface area contributed by atoms with Gasteiger partial charge in [-0.1, -0.05) is 30.3 Å². The molecule has 2 N–H and O–H groups in total. The molecule has 0 atom stereocenters. The Balaban J connectivity index is 1.64. The summed E-state index contributed by atoms with van der Waals surface area (Å²) >= 11 is 0. The number of hydrogen-bond donors (Lipinski definition) is 2. The average Bonchev–Trinajstić information content (AvgIpc) is 2.96. The number of benzene rings is 2. The number of nitrogens with one attached hydrogen (secondary N) is 2. The monoisotopic (exact) mass is 289 g/mol. The summed E-state index contributed by atoms with van der Waals surface area (Å²) in [6, 6.07) is 17.3. The van der Waals surface area contributed by atoms with Gasteiger partial charge < -0.3 is 10.3 Å². The van der Waals surface area contributed by atoms with Crippen molar-refractivity contribution in [3.63, 3.8) is 0 Å². The van der Waals surface area contributed by atoms with Crippen LogP contribution in [0.25, 0.3) is 10.9 Å². The fourth-order valence-corrected chi connectivity index (χ4v) is 2.46. The summed E-state index contributed by atoms with van der Waals surface area (Å²) in [6.07, 6.45) is 2.21. The Hall–Kier alpha value is -3.06. The van der Waals surface area contributed by atoms with E-state index in [-0.39, 0.29) is 5.91 Å². The summed E-state index contributed by atoms with van der Waals surface area (Å²) in [6.45, 7) is 0.427. The number of amides is 1. The molecule has 0 radical (unpaired) electrons. The number of aromatic amines is 1. The molecule has 0 bridgehead atoms. The summed E-state index contributed by atoms with van der Waals surface area (Å²) in [5.74, 6) is -0.0351. The molecule has 1 aromatic heterocycles. The van der Waals surface area contributed by atoms with Gasteiger partial charge in [-0.15, -0.1) is 0 Å². The molecule has 0 aliphatic rings. The molecule has 1 amide bonds. The maximum Gasteiger partial charge on any atom is 0.224 e. The van der Waals surface area contributed by atoms with Gasteiger partial charge in [0.2, 0.25) is 5.91 Å². The minimum absolute atomic E-state index is 0.0351. The van der Waals surface area contributed by atoms with E-state index >= 15 is 0 Å². The second-order valence-corrected chi connectivity index (χ2v) is 5.13. The van der Waals surface area contributed by atoms with Crippen LogP contribution in [-0.2, 0) is 17.8 Å². The topological polar surface area (TPSA) is 68.7 Å². The lowest BCUT2D eigenvalue weighted by molar-refractivity contribution is -0.120. The number of H-pyrrole nitrogens is 1. The minimum atomic E-state index is -0.0351. The first-order chi connectivity index (χ1) is 10.8. The summed E-state index contributed by atoms with van der Waals surface area (Å²) in [5.41, 5.74) is 3.54. The van der Waals surface area contributed by atoms with Crippen molar-refractivity contribution in [1.82, 2.24) is 10.3 Å². The molecule has 0 aliphatic heterocycles. The molecule has 0 saturated carbocycles. The predicted octanol–water partition coefficient (Wildman–Crippen LogP) is 2.90. The summed E-state index contributed by atoms with van der Waals surface area (Å²) in [4.78, 5) is 15.3. The van der Waals surface area contributed by atoms with Crippen molar-refractivity contribution in [2.75, 3.05) is 0 Å². The molecule has 0 spiro atoms. The van der Waals surface area contributed by atoms with Gasteiger partial charge in [0.05, 0.1) is 18.1 Å². The number of fused-ring (bicyclic) bond motifs is 1. The number of hydrogen-bond acceptors (Lipinski definition) is 2. The third-order valence-electron chi connectivity index (χ3n) is 3.57. The Morgan fingerprint density at radius 3 is 2.91 bits per heavy atom. The van der Waals surface area contributed by atoms with Crippen molar-refractivity contribution in [2.45, 2.75) is 13.0 Å². The van der Waals surface area contributed by atoms with E-state index in [4.69, 9.17) is 5.26 Å². The maximum atomic E-state index is 12.1. The smallest absolute Gasteiger partial charge is 0.224 e. The van der Waals surface area contributed by atoms with Gasteiger partial charge in [-0.2, -0.15) is 5.26 Å². The van der Waals surface area contributed by atoms with Crippen LogP contribution in [0, 0.1) is 11.3 Å². The Morgan fingerprint density at radius 1 is 1.18 bits per heavy atom. The highest BCUT2D eigenvalue weighted by molar-refractivity contribution is 5.88. The zero-order valence-electron chi connectivity index (χ0n) is 12.0. The van der Waals surface area contributed by atoms with Gasteiger partial charge >= 0.3 is 0 Å². The zero-order chi connectivity index (χ0) is 15.4. The Kier molecular flexibility index (Phi) is 3.88. The molecule has 3 aromatic rings. The molecule has 1 heterocycles. The van der Waals surface area contributed by atoms with Crippen molar-refractivity contribution >= 4 is 16.8 Å². The largest absolute Gasteiger partial charge is 0.361 e. The SMILES string of the molecule is N#Cc1cccc(CNC(=O)Cc2c[nH]c3ccccc23)c1. The van der Waals surface area contributed by atoms with E-state index < -0.39 is 0 Å². The highest BCUT2D eigenvalue weighted by Gasteiger charge is 2.08. The van der Waals surface area contributed by atoms with Crippen molar-refractivity contribution in [3.8, 4) is 6.07 Å². The van der Waals surface area contributed by atoms with Crippen molar-refractivity contribution < 1.29 is 4.79 Å². The molecule has 0 saturated heterocycles. The molecule has 22 heavy (non-hydrogen) atoms. The molecule has 0 aliphatic carbocycles. The highest BCUT2D eigenvalue weighted by Crippen LogP contribution is 2.18. The molecule has 3 rings (SSSR count). The lowest BCUT2D eigenvalue weighted by atomic mass is 10.1. The van der Waals surface area contributed by atoms with E-state index in [0.717, 1.165) is 22.0 Å². The maximum absolute atomic E-state index is 12.1. The highest BCUT2D eigenvalue weighted by atomic mass is 16.1. The number of para-hydroxylation sites is 1. The van der Waals surface area contributed by atoms with Crippen molar-refractivity contribution in [3.05, 3.63) is 71.4 Å². The third kappa shape index (κ3) is 2.99. The van der Waals surface area contributed by atoms with Gasteiger partial charge in [-0.25, -0.2) is 0 Å². The number of aromatic nitrogens is 1. The van der Waals surface area contributed by atoms with E-state index in [0.29, 0.717) is 18.5 Å². The molecule has 2 aromatic carbocycles. The van der Waals surface area contributed by atoms with Gasteiger partial charge in [-0.3, -0.25) is 4.79 Å². The minimum Gasteiger partial charge on any atom is -0.361 e. The van der Waals surface area contributed by atoms with Crippen LogP contribution in [-0.4, -0.2) is 10.9 Å². The lowest BCUT2D eigenvalue weighted by Crippen LogP contribution is -2.24. The summed E-state index contributed by atoms with van der Waals surface area (Å²) in [7, 11) is 0. The van der Waals surface area contributed by atoms with E-state index in [1.54, 1.807) is 12.1 Å². The second-order valence-electron chi connectivity index (χ2n) is 5.13. The molecule has 4 heteroatoms. The third-order valence-corrected chi connectivity index (χ3v) is 3.57. The first-order valence-corrected chi connectivity index (χ1v) is 7.07. The first-order valence-electron chi connectivity index (χ1n) is 7.07. The van der Waals surface area contributed by atoms with Crippen LogP contribution in [0.4, 0.5) is 0 Å². The lowest BCUT2D eigenvalue weighted by Gasteiger charge is -2.05. The van der Waals surface area contributed by atoms with Crippen LogP contribution in [0.1, 0.15) is 16.7 Å². The van der Waals surface area contributed by atoms with Gasteiger partial charge in [0.1, 0.15) is 0 Å². The number of rotatable bonds is 4. The van der Waals surface area contributed by atoms with E-state index in [9.17, 15) is 4.79 Å². The van der Waals surface area contributed by atoms with Crippen LogP contribution in [0.5, 0.6) is 0 Å². The second kappa shape index (κ2) is 6.15. The van der Waals surface area contributed by atoms with Crippen LogP contribution in [0.2, 0.25) is 0 Å². The Bertz CT molecular complexity index is 858. The quantitative estimate of drug-likeness (QED) is 0.775. The van der Waals surface area contributed by atoms with Crippen LogP contribution in [0.15, 0.2) is 54.7 Å². The van der Waals surface area contributed by atoms with E-state index in [2.05, 4.69) is 16.4 Å². The fourth-order valence-electron chi connectivity index (χ4n) is 2.46. The van der Waals surface area contributed by atoms with E-state index in [1.807, 2.05) is 42.6 Å². The standard InChI is InChI=1S/C18H15N3O/c19-10-13-4-3-5-14(8-13)11-21-18(22)9-15-12-20-17-7-2-1-6-16(15)17/h1-8,12,20H,9,11H2,(H,21,22).